The highest BCUT2D eigenvalue weighted by Crippen LogP contribution is 2.23. The number of H-pyrrole nitrogens is 1. The number of β-amino-alcohol motifs (C(OH)–C–C–N with tert-alkyl or cyclic N) is 1. The topological polar surface area (TPSA) is 82.4 Å². The second-order valence-electron chi connectivity index (χ2n) is 5.26. The Morgan fingerprint density at radius 1 is 1.60 bits per heavy atom. The van der Waals surface area contributed by atoms with Gasteiger partial charge in [-0.1, -0.05) is 5.16 Å². The van der Waals surface area contributed by atoms with E-state index in [1.807, 2.05) is 13.0 Å². The van der Waals surface area contributed by atoms with Gasteiger partial charge >= 0.3 is 0 Å². The smallest absolute Gasteiger partial charge is 0.270 e. The second-order valence-corrected chi connectivity index (χ2v) is 5.26. The third kappa shape index (κ3) is 2.46. The third-order valence-electron chi connectivity index (χ3n) is 3.66. The number of aromatic nitrogens is 2. The maximum atomic E-state index is 12.2. The summed E-state index contributed by atoms with van der Waals surface area (Å²) in [4.78, 5) is 16.8. The first-order chi connectivity index (χ1) is 9.63. The molecule has 1 saturated heterocycles. The Labute approximate surface area is 116 Å². The third-order valence-corrected chi connectivity index (χ3v) is 3.66. The number of carbonyl (C=O) groups is 1. The zero-order valence-corrected chi connectivity index (χ0v) is 11.2. The summed E-state index contributed by atoms with van der Waals surface area (Å²) in [6.45, 7) is 2.74. The molecule has 0 radical (unpaired) electrons. The molecule has 3 rings (SSSR count). The summed E-state index contributed by atoms with van der Waals surface area (Å²) in [6.07, 6.45) is 1.78. The van der Waals surface area contributed by atoms with Gasteiger partial charge in [0.25, 0.3) is 5.91 Å². The van der Waals surface area contributed by atoms with Gasteiger partial charge in [-0.15, -0.1) is 0 Å². The monoisotopic (exact) mass is 275 g/mol. The molecule has 1 aliphatic heterocycles. The van der Waals surface area contributed by atoms with Gasteiger partial charge in [0.1, 0.15) is 11.5 Å². The van der Waals surface area contributed by atoms with Crippen molar-refractivity contribution in [2.75, 3.05) is 13.1 Å². The number of nitrogens with zero attached hydrogens (tertiary/aromatic N) is 2. The Bertz CT molecular complexity index is 591. The number of rotatable bonds is 3. The standard InChI is InChI=1S/C14H17N3O3/c1-9-5-11(20-16-9)6-10-7-17(8-13(10)18)14(19)12-3-2-4-15-12/h2-5,10,13,15,18H,6-8H2,1H3/t10-,13-/m1/s1. The summed E-state index contributed by atoms with van der Waals surface area (Å²) in [5.41, 5.74) is 1.38. The maximum Gasteiger partial charge on any atom is 0.270 e. The predicted octanol–water partition coefficient (Wildman–Crippen LogP) is 0.987. The fourth-order valence-electron chi connectivity index (χ4n) is 2.63. The number of aliphatic hydroxyl groups is 1. The lowest BCUT2D eigenvalue weighted by Gasteiger charge is -2.14. The average molecular weight is 275 g/mol. The van der Waals surface area contributed by atoms with Gasteiger partial charge in [0.2, 0.25) is 0 Å². The molecular formula is C14H17N3O3. The Morgan fingerprint density at radius 3 is 3.10 bits per heavy atom. The van der Waals surface area contributed by atoms with E-state index in [1.54, 1.807) is 23.2 Å². The van der Waals surface area contributed by atoms with Crippen LogP contribution >= 0.6 is 0 Å². The number of hydrogen-bond donors (Lipinski definition) is 2. The molecule has 1 fully saturated rings. The zero-order chi connectivity index (χ0) is 14.1. The van der Waals surface area contributed by atoms with Crippen molar-refractivity contribution in [2.24, 2.45) is 5.92 Å². The van der Waals surface area contributed by atoms with Crippen molar-refractivity contribution < 1.29 is 14.4 Å². The molecule has 0 unspecified atom stereocenters. The van der Waals surface area contributed by atoms with Crippen LogP contribution < -0.4 is 0 Å². The van der Waals surface area contributed by atoms with Crippen molar-refractivity contribution >= 4 is 5.91 Å². The Kier molecular flexibility index (Phi) is 3.31. The van der Waals surface area contributed by atoms with E-state index >= 15 is 0 Å². The molecule has 0 aliphatic carbocycles. The van der Waals surface area contributed by atoms with E-state index in [0.717, 1.165) is 11.5 Å². The van der Waals surface area contributed by atoms with Crippen LogP contribution in [0.1, 0.15) is 21.9 Å². The van der Waals surface area contributed by atoms with Crippen LogP contribution in [0, 0.1) is 12.8 Å². The van der Waals surface area contributed by atoms with Gasteiger partial charge in [0, 0.05) is 37.7 Å². The molecule has 1 aliphatic rings. The summed E-state index contributed by atoms with van der Waals surface area (Å²) in [5, 5.41) is 13.9. The van der Waals surface area contributed by atoms with Crippen LogP contribution in [0.25, 0.3) is 0 Å². The molecule has 3 heterocycles. The first-order valence-electron chi connectivity index (χ1n) is 6.66. The predicted molar refractivity (Wildman–Crippen MR) is 71.1 cm³/mol. The lowest BCUT2D eigenvalue weighted by Crippen LogP contribution is -2.29. The van der Waals surface area contributed by atoms with Crippen molar-refractivity contribution in [3.63, 3.8) is 0 Å². The Hall–Kier alpha value is -2.08. The number of carbonyl (C=O) groups excluding carboxylic acids is 1. The average Bonchev–Trinajstić information content (AvgIpc) is 3.12. The second kappa shape index (κ2) is 5.13. The van der Waals surface area contributed by atoms with Crippen LogP contribution in [-0.2, 0) is 6.42 Å². The minimum atomic E-state index is -0.528. The molecule has 2 N–H and O–H groups in total. The van der Waals surface area contributed by atoms with E-state index in [2.05, 4.69) is 10.1 Å². The van der Waals surface area contributed by atoms with Gasteiger partial charge < -0.3 is 19.5 Å². The van der Waals surface area contributed by atoms with Crippen molar-refractivity contribution in [3.8, 4) is 0 Å². The molecule has 2 aromatic heterocycles. The first kappa shape index (κ1) is 12.9. The molecule has 1 amide bonds. The van der Waals surface area contributed by atoms with Crippen molar-refractivity contribution in [3.05, 3.63) is 41.5 Å². The number of aliphatic hydroxyl groups excluding tert-OH is 1. The number of likely N-dealkylation sites (tertiary alicyclic amines) is 1. The fourth-order valence-corrected chi connectivity index (χ4v) is 2.63. The number of amides is 1. The largest absolute Gasteiger partial charge is 0.391 e. The lowest BCUT2D eigenvalue weighted by atomic mass is 10.0. The number of aromatic amines is 1. The molecule has 0 bridgehead atoms. The molecule has 2 atom stereocenters. The van der Waals surface area contributed by atoms with Gasteiger partial charge in [-0.3, -0.25) is 4.79 Å². The highest BCUT2D eigenvalue weighted by Gasteiger charge is 2.35. The van der Waals surface area contributed by atoms with Crippen LogP contribution in [0.4, 0.5) is 0 Å². The van der Waals surface area contributed by atoms with E-state index in [-0.39, 0.29) is 11.8 Å². The summed E-state index contributed by atoms with van der Waals surface area (Å²) in [7, 11) is 0. The summed E-state index contributed by atoms with van der Waals surface area (Å²) < 4.78 is 5.17. The molecule has 2 aromatic rings. The van der Waals surface area contributed by atoms with E-state index in [4.69, 9.17) is 4.52 Å². The molecule has 0 aromatic carbocycles. The first-order valence-corrected chi connectivity index (χ1v) is 6.66. The number of nitrogens with one attached hydrogen (secondary N) is 1. The van der Waals surface area contributed by atoms with Gasteiger partial charge in [-0.25, -0.2) is 0 Å². The molecule has 20 heavy (non-hydrogen) atoms. The molecule has 0 spiro atoms. The normalized spacial score (nSPS) is 22.4. The molecular weight excluding hydrogens is 258 g/mol. The van der Waals surface area contributed by atoms with Crippen molar-refractivity contribution in [1.82, 2.24) is 15.0 Å². The van der Waals surface area contributed by atoms with Crippen LogP contribution in [0.3, 0.4) is 0 Å². The molecule has 6 heteroatoms. The van der Waals surface area contributed by atoms with Gasteiger partial charge in [-0.2, -0.15) is 0 Å². The fraction of sp³-hybridized carbons (Fsp3) is 0.429. The van der Waals surface area contributed by atoms with Crippen LogP contribution in [0.2, 0.25) is 0 Å². The molecule has 6 nitrogen and oxygen atoms in total. The lowest BCUT2D eigenvalue weighted by molar-refractivity contribution is 0.0759. The van der Waals surface area contributed by atoms with Gasteiger partial charge in [0.05, 0.1) is 11.8 Å². The van der Waals surface area contributed by atoms with Crippen molar-refractivity contribution in [2.45, 2.75) is 19.4 Å². The minimum Gasteiger partial charge on any atom is -0.391 e. The van der Waals surface area contributed by atoms with Crippen molar-refractivity contribution in [1.29, 1.82) is 0 Å². The van der Waals surface area contributed by atoms with E-state index in [1.165, 1.54) is 0 Å². The number of aryl methyl sites for hydroxylation is 1. The summed E-state index contributed by atoms with van der Waals surface area (Å²) in [6, 6.07) is 5.39. The highest BCUT2D eigenvalue weighted by atomic mass is 16.5. The van der Waals surface area contributed by atoms with Crippen LogP contribution in [-0.4, -0.2) is 45.2 Å². The van der Waals surface area contributed by atoms with Gasteiger partial charge in [0.15, 0.2) is 0 Å². The number of hydrogen-bond acceptors (Lipinski definition) is 4. The van der Waals surface area contributed by atoms with E-state index in [0.29, 0.717) is 25.2 Å². The quantitative estimate of drug-likeness (QED) is 0.875. The SMILES string of the molecule is Cc1cc(C[C@@H]2CN(C(=O)c3ccc[nH]3)C[C@H]2O)on1. The Morgan fingerprint density at radius 2 is 2.45 bits per heavy atom. The van der Waals surface area contributed by atoms with Crippen LogP contribution in [0.5, 0.6) is 0 Å². The molecule has 0 saturated carbocycles. The van der Waals surface area contributed by atoms with Crippen LogP contribution in [0.15, 0.2) is 28.9 Å². The summed E-state index contributed by atoms with van der Waals surface area (Å²) >= 11 is 0. The molecule has 106 valence electrons. The van der Waals surface area contributed by atoms with E-state index < -0.39 is 6.10 Å². The van der Waals surface area contributed by atoms with Gasteiger partial charge in [-0.05, 0) is 19.1 Å². The minimum absolute atomic E-state index is 0.0127. The van der Waals surface area contributed by atoms with E-state index in [9.17, 15) is 9.90 Å². The summed E-state index contributed by atoms with van der Waals surface area (Å²) in [5.74, 6) is 0.660. The highest BCUT2D eigenvalue weighted by molar-refractivity contribution is 5.92. The maximum absolute atomic E-state index is 12.2. The zero-order valence-electron chi connectivity index (χ0n) is 11.2. The Balaban J connectivity index is 1.66.